The topological polar surface area (TPSA) is 55.2 Å². The van der Waals surface area contributed by atoms with E-state index in [2.05, 4.69) is 4.83 Å². The molecule has 0 bridgehead atoms. The first-order valence-electron chi connectivity index (χ1n) is 1.89. The molecule has 1 saturated heterocycles. The Labute approximate surface area is 43.9 Å². The molecule has 1 aliphatic heterocycles. The Bertz CT molecular complexity index is 91.7. The Balaban J connectivity index is 2.08. The van der Waals surface area contributed by atoms with Crippen molar-refractivity contribution >= 4 is 11.3 Å². The van der Waals surface area contributed by atoms with E-state index in [9.17, 15) is 8.76 Å². The normalized spacial score (nSPS) is 24.7. The number of hydrazine groups is 1. The molecule has 5 heteroatoms. The number of nitrogens with zero attached hydrogens (tertiary/aromatic N) is 1. The van der Waals surface area contributed by atoms with Crippen molar-refractivity contribution < 1.29 is 8.76 Å². The van der Waals surface area contributed by atoms with Crippen molar-refractivity contribution in [2.45, 2.75) is 0 Å². The minimum absolute atomic E-state index is 0.841. The molecule has 1 rings (SSSR count). The average Bonchev–Trinajstić information content (AvgIpc) is 2.17. The molecule has 1 fully saturated rings. The van der Waals surface area contributed by atoms with Gasteiger partial charge in [0.2, 0.25) is 0 Å². The summed E-state index contributed by atoms with van der Waals surface area (Å²) in [6, 6.07) is 0. The molecular formula is C2H5N2O2S-. The molecule has 1 heterocycles. The van der Waals surface area contributed by atoms with Gasteiger partial charge in [-0.15, -0.1) is 0 Å². The number of hydrogen-bond acceptors (Lipinski definition) is 3. The molecule has 1 aliphatic rings. The summed E-state index contributed by atoms with van der Waals surface area (Å²) in [5.41, 5.74) is 0. The van der Waals surface area contributed by atoms with Crippen LogP contribution in [0.4, 0.5) is 0 Å². The standard InChI is InChI=1S/C2H6N2O2S/c5-7(6)3-4-1-2-4/h3H,1-2H2,(H,5,6)/p-1. The minimum Gasteiger partial charge on any atom is -0.759 e. The summed E-state index contributed by atoms with van der Waals surface area (Å²) in [5.74, 6) is 0. The second kappa shape index (κ2) is 1.87. The van der Waals surface area contributed by atoms with E-state index in [1.54, 1.807) is 5.01 Å². The third-order valence-corrected chi connectivity index (χ3v) is 1.06. The molecular weight excluding hydrogens is 116 g/mol. The van der Waals surface area contributed by atoms with E-state index in [0.717, 1.165) is 13.1 Å². The summed E-state index contributed by atoms with van der Waals surface area (Å²) in [5, 5.41) is 1.59. The van der Waals surface area contributed by atoms with Crippen LogP contribution in [0.5, 0.6) is 0 Å². The van der Waals surface area contributed by atoms with Crippen LogP contribution >= 0.6 is 0 Å². The molecule has 0 aromatic carbocycles. The molecule has 0 saturated carbocycles. The zero-order chi connectivity index (χ0) is 5.28. The molecule has 0 aromatic heterocycles. The fourth-order valence-corrected chi connectivity index (χ4v) is 0.640. The van der Waals surface area contributed by atoms with Gasteiger partial charge in [0.1, 0.15) is 0 Å². The highest BCUT2D eigenvalue weighted by atomic mass is 32.2. The lowest BCUT2D eigenvalue weighted by Gasteiger charge is -2.04. The Hall–Kier alpha value is 0.0300. The number of hydrogen-bond donors (Lipinski definition) is 1. The zero-order valence-corrected chi connectivity index (χ0v) is 4.40. The quantitative estimate of drug-likeness (QED) is 0.361. The minimum atomic E-state index is -2.11. The summed E-state index contributed by atoms with van der Waals surface area (Å²) in [6.07, 6.45) is 0. The van der Waals surface area contributed by atoms with Crippen molar-refractivity contribution in [2.24, 2.45) is 0 Å². The summed E-state index contributed by atoms with van der Waals surface area (Å²) < 4.78 is 19.4. The lowest BCUT2D eigenvalue weighted by atomic mass is 11.0. The van der Waals surface area contributed by atoms with Gasteiger partial charge in [-0.1, -0.05) is 0 Å². The lowest BCUT2D eigenvalue weighted by molar-refractivity contribution is 0.454. The van der Waals surface area contributed by atoms with Crippen LogP contribution in [0.2, 0.25) is 0 Å². The van der Waals surface area contributed by atoms with Crippen molar-refractivity contribution in [1.29, 1.82) is 0 Å². The summed E-state index contributed by atoms with van der Waals surface area (Å²) >= 11 is -2.11. The van der Waals surface area contributed by atoms with Gasteiger partial charge in [0.25, 0.3) is 0 Å². The Morgan fingerprint density at radius 1 is 1.71 bits per heavy atom. The molecule has 42 valence electrons. The van der Waals surface area contributed by atoms with E-state index < -0.39 is 11.3 Å². The highest BCUT2D eigenvalue weighted by molar-refractivity contribution is 7.76. The summed E-state index contributed by atoms with van der Waals surface area (Å²) in [7, 11) is 0. The molecule has 1 atom stereocenters. The molecule has 1 N–H and O–H groups in total. The second-order valence-corrected chi connectivity index (χ2v) is 1.97. The van der Waals surface area contributed by atoms with Crippen molar-refractivity contribution in [3.8, 4) is 0 Å². The van der Waals surface area contributed by atoms with E-state index in [1.807, 2.05) is 0 Å². The van der Waals surface area contributed by atoms with E-state index in [4.69, 9.17) is 0 Å². The van der Waals surface area contributed by atoms with Crippen molar-refractivity contribution in [3.05, 3.63) is 0 Å². The molecule has 0 aromatic rings. The first kappa shape index (κ1) is 5.17. The highest BCUT2D eigenvalue weighted by Gasteiger charge is 2.15. The second-order valence-electron chi connectivity index (χ2n) is 1.31. The maximum atomic E-state index is 9.70. The lowest BCUT2D eigenvalue weighted by Crippen LogP contribution is -2.22. The van der Waals surface area contributed by atoms with Gasteiger partial charge in [0.15, 0.2) is 0 Å². The molecule has 4 nitrogen and oxygen atoms in total. The fraction of sp³-hybridized carbons (Fsp3) is 1.00. The molecule has 7 heavy (non-hydrogen) atoms. The van der Waals surface area contributed by atoms with Crippen molar-refractivity contribution in [1.82, 2.24) is 9.84 Å². The van der Waals surface area contributed by atoms with Gasteiger partial charge in [-0.3, -0.25) is 4.21 Å². The fourth-order valence-electron chi connectivity index (χ4n) is 0.247. The van der Waals surface area contributed by atoms with Gasteiger partial charge in [0, 0.05) is 24.4 Å². The monoisotopic (exact) mass is 121 g/mol. The molecule has 0 spiro atoms. The van der Waals surface area contributed by atoms with E-state index in [0.29, 0.717) is 0 Å². The third-order valence-electron chi connectivity index (χ3n) is 0.651. The first-order chi connectivity index (χ1) is 3.29. The summed E-state index contributed by atoms with van der Waals surface area (Å²) in [6.45, 7) is 1.68. The van der Waals surface area contributed by atoms with Gasteiger partial charge in [0.05, 0.1) is 0 Å². The maximum absolute atomic E-state index is 9.70. The summed E-state index contributed by atoms with van der Waals surface area (Å²) in [4.78, 5) is 2.17. The van der Waals surface area contributed by atoms with E-state index in [-0.39, 0.29) is 0 Å². The number of rotatable bonds is 2. The van der Waals surface area contributed by atoms with Crippen LogP contribution in [-0.4, -0.2) is 26.9 Å². The highest BCUT2D eigenvalue weighted by Crippen LogP contribution is 1.95. The van der Waals surface area contributed by atoms with Crippen LogP contribution in [0.1, 0.15) is 0 Å². The van der Waals surface area contributed by atoms with Crippen LogP contribution in [0.3, 0.4) is 0 Å². The number of nitrogens with one attached hydrogen (secondary N) is 1. The van der Waals surface area contributed by atoms with Gasteiger partial charge < -0.3 is 4.55 Å². The predicted molar refractivity (Wildman–Crippen MR) is 23.6 cm³/mol. The molecule has 1 unspecified atom stereocenters. The van der Waals surface area contributed by atoms with Gasteiger partial charge >= 0.3 is 0 Å². The largest absolute Gasteiger partial charge is 0.759 e. The van der Waals surface area contributed by atoms with Crippen molar-refractivity contribution in [3.63, 3.8) is 0 Å². The van der Waals surface area contributed by atoms with Crippen LogP contribution in [0.25, 0.3) is 0 Å². The van der Waals surface area contributed by atoms with E-state index >= 15 is 0 Å². The molecule has 0 aliphatic carbocycles. The Morgan fingerprint density at radius 2 is 2.29 bits per heavy atom. The van der Waals surface area contributed by atoms with Crippen LogP contribution < -0.4 is 4.83 Å². The first-order valence-corrected chi connectivity index (χ1v) is 2.97. The molecule has 0 radical (unpaired) electrons. The maximum Gasteiger partial charge on any atom is 0.0326 e. The predicted octanol–water partition coefficient (Wildman–Crippen LogP) is -1.40. The van der Waals surface area contributed by atoms with Gasteiger partial charge in [-0.2, -0.15) is 4.83 Å². The Kier molecular flexibility index (Phi) is 1.38. The van der Waals surface area contributed by atoms with E-state index in [1.165, 1.54) is 0 Å². The smallest absolute Gasteiger partial charge is 0.0326 e. The van der Waals surface area contributed by atoms with Crippen molar-refractivity contribution in [2.75, 3.05) is 13.1 Å². The van der Waals surface area contributed by atoms with Crippen LogP contribution in [0.15, 0.2) is 0 Å². The van der Waals surface area contributed by atoms with Crippen LogP contribution in [0, 0.1) is 0 Å². The third kappa shape index (κ3) is 1.98. The van der Waals surface area contributed by atoms with Crippen LogP contribution in [-0.2, 0) is 11.3 Å². The van der Waals surface area contributed by atoms with Gasteiger partial charge in [-0.05, 0) is 0 Å². The van der Waals surface area contributed by atoms with Gasteiger partial charge in [-0.25, -0.2) is 5.01 Å². The Morgan fingerprint density at radius 3 is 2.43 bits per heavy atom. The SMILES string of the molecule is O=S([O-])NN1CC1. The molecule has 0 amide bonds. The zero-order valence-electron chi connectivity index (χ0n) is 3.59. The average molecular weight is 121 g/mol.